The highest BCUT2D eigenvalue weighted by Crippen LogP contribution is 2.33. The number of rotatable bonds is 8. The van der Waals surface area contributed by atoms with Crippen LogP contribution in [0.5, 0.6) is 5.75 Å². The number of benzene rings is 1. The topological polar surface area (TPSA) is 26.3 Å². The molecule has 0 aromatic heterocycles. The second-order valence-electron chi connectivity index (χ2n) is 5.60. The van der Waals surface area contributed by atoms with E-state index < -0.39 is 0 Å². The first-order chi connectivity index (χ1) is 9.51. The van der Waals surface area contributed by atoms with Crippen molar-refractivity contribution in [3.63, 3.8) is 0 Å². The van der Waals surface area contributed by atoms with Gasteiger partial charge in [-0.3, -0.25) is 0 Å². The van der Waals surface area contributed by atoms with Gasteiger partial charge in [-0.2, -0.15) is 0 Å². The fraction of sp³-hybridized carbons (Fsp3) is 0.611. The summed E-state index contributed by atoms with van der Waals surface area (Å²) in [4.78, 5) is 11.2. The Morgan fingerprint density at radius 2 is 1.90 bits per heavy atom. The molecular formula is C18H28O2. The molecule has 0 spiro atoms. The molecule has 0 N–H and O–H groups in total. The molecule has 0 radical (unpaired) electrons. The van der Waals surface area contributed by atoms with Crippen LogP contribution in [0.15, 0.2) is 12.1 Å². The van der Waals surface area contributed by atoms with E-state index in [1.165, 1.54) is 16.7 Å². The normalized spacial score (nSPS) is 12.2. The molecule has 0 saturated carbocycles. The maximum Gasteiger partial charge on any atom is 0.129 e. The minimum Gasteiger partial charge on any atom is -0.493 e. The SMILES string of the molecule is CCCOc1ccc(C(CC)CCC(C)=O)c(C)c1C. The van der Waals surface area contributed by atoms with Gasteiger partial charge in [0.2, 0.25) is 0 Å². The molecule has 0 fully saturated rings. The van der Waals surface area contributed by atoms with E-state index in [9.17, 15) is 4.79 Å². The van der Waals surface area contributed by atoms with Gasteiger partial charge in [-0.1, -0.05) is 19.9 Å². The number of Topliss-reactive ketones (excluding diaryl/α,β-unsaturated/α-hetero) is 1. The molecule has 1 aromatic rings. The third-order valence-electron chi connectivity index (χ3n) is 4.02. The molecule has 0 saturated heterocycles. The van der Waals surface area contributed by atoms with Crippen molar-refractivity contribution in [2.75, 3.05) is 6.61 Å². The van der Waals surface area contributed by atoms with E-state index in [2.05, 4.69) is 39.8 Å². The smallest absolute Gasteiger partial charge is 0.129 e. The Hall–Kier alpha value is -1.31. The zero-order valence-electron chi connectivity index (χ0n) is 13.6. The molecule has 20 heavy (non-hydrogen) atoms. The zero-order chi connectivity index (χ0) is 15.1. The fourth-order valence-corrected chi connectivity index (χ4v) is 2.58. The number of hydrogen-bond acceptors (Lipinski definition) is 2. The molecule has 0 heterocycles. The number of ketones is 1. The Morgan fingerprint density at radius 3 is 2.45 bits per heavy atom. The van der Waals surface area contributed by atoms with Gasteiger partial charge in [0.25, 0.3) is 0 Å². The zero-order valence-corrected chi connectivity index (χ0v) is 13.6. The molecule has 0 aliphatic carbocycles. The Kier molecular flexibility index (Phi) is 6.77. The van der Waals surface area contributed by atoms with E-state index in [0.29, 0.717) is 12.3 Å². The van der Waals surface area contributed by atoms with Crippen molar-refractivity contribution in [3.05, 3.63) is 28.8 Å². The summed E-state index contributed by atoms with van der Waals surface area (Å²) < 4.78 is 5.78. The van der Waals surface area contributed by atoms with Gasteiger partial charge in [-0.05, 0) is 68.7 Å². The summed E-state index contributed by atoms with van der Waals surface area (Å²) in [5, 5.41) is 0. The highest BCUT2D eigenvalue weighted by Gasteiger charge is 2.15. The van der Waals surface area contributed by atoms with Crippen molar-refractivity contribution in [2.45, 2.75) is 66.2 Å². The molecule has 2 heteroatoms. The van der Waals surface area contributed by atoms with Crippen molar-refractivity contribution in [2.24, 2.45) is 0 Å². The van der Waals surface area contributed by atoms with Gasteiger partial charge in [0.15, 0.2) is 0 Å². The summed E-state index contributed by atoms with van der Waals surface area (Å²) >= 11 is 0. The molecule has 112 valence electrons. The van der Waals surface area contributed by atoms with Crippen molar-refractivity contribution in [3.8, 4) is 5.75 Å². The van der Waals surface area contributed by atoms with Crippen LogP contribution in [0.3, 0.4) is 0 Å². The molecule has 1 rings (SSSR count). The monoisotopic (exact) mass is 276 g/mol. The van der Waals surface area contributed by atoms with Crippen molar-refractivity contribution in [1.82, 2.24) is 0 Å². The van der Waals surface area contributed by atoms with Crippen LogP contribution in [0.2, 0.25) is 0 Å². The summed E-state index contributed by atoms with van der Waals surface area (Å²) in [6.07, 6.45) is 3.71. The molecule has 0 bridgehead atoms. The highest BCUT2D eigenvalue weighted by atomic mass is 16.5. The van der Waals surface area contributed by atoms with E-state index >= 15 is 0 Å². The average Bonchev–Trinajstić information content (AvgIpc) is 2.42. The summed E-state index contributed by atoms with van der Waals surface area (Å²) in [6, 6.07) is 4.27. The van der Waals surface area contributed by atoms with Gasteiger partial charge >= 0.3 is 0 Å². The summed E-state index contributed by atoms with van der Waals surface area (Å²) in [5.74, 6) is 1.74. The molecule has 0 aliphatic rings. The minimum absolute atomic E-state index is 0.278. The standard InChI is InChI=1S/C18H28O2/c1-6-12-20-18-11-10-17(14(4)15(18)5)16(7-2)9-8-13(3)19/h10-11,16H,6-9,12H2,1-5H3. The number of ether oxygens (including phenoxy) is 1. The van der Waals surface area contributed by atoms with Gasteiger partial charge in [0, 0.05) is 6.42 Å². The van der Waals surface area contributed by atoms with Crippen molar-refractivity contribution in [1.29, 1.82) is 0 Å². The van der Waals surface area contributed by atoms with E-state index in [0.717, 1.165) is 31.6 Å². The van der Waals surface area contributed by atoms with Crippen LogP contribution < -0.4 is 4.74 Å². The second-order valence-corrected chi connectivity index (χ2v) is 5.60. The third-order valence-corrected chi connectivity index (χ3v) is 4.02. The van der Waals surface area contributed by atoms with Gasteiger partial charge in [0.1, 0.15) is 11.5 Å². The largest absolute Gasteiger partial charge is 0.493 e. The molecule has 2 nitrogen and oxygen atoms in total. The van der Waals surface area contributed by atoms with Gasteiger partial charge in [-0.25, -0.2) is 0 Å². The maximum atomic E-state index is 11.2. The molecule has 1 aromatic carbocycles. The van der Waals surface area contributed by atoms with Gasteiger partial charge < -0.3 is 9.53 Å². The van der Waals surface area contributed by atoms with Gasteiger partial charge in [0.05, 0.1) is 6.61 Å². The number of carbonyl (C=O) groups excluding carboxylic acids is 1. The van der Waals surface area contributed by atoms with Crippen LogP contribution in [0.25, 0.3) is 0 Å². The first kappa shape index (κ1) is 16.7. The van der Waals surface area contributed by atoms with Crippen LogP contribution in [0.1, 0.15) is 69.1 Å². The molecular weight excluding hydrogens is 248 g/mol. The number of hydrogen-bond donors (Lipinski definition) is 0. The van der Waals surface area contributed by atoms with Crippen LogP contribution in [0, 0.1) is 13.8 Å². The molecule has 0 aliphatic heterocycles. The van der Waals surface area contributed by atoms with E-state index in [4.69, 9.17) is 4.74 Å². The fourth-order valence-electron chi connectivity index (χ4n) is 2.58. The lowest BCUT2D eigenvalue weighted by Crippen LogP contribution is -2.06. The summed E-state index contributed by atoms with van der Waals surface area (Å²) in [5.41, 5.74) is 3.92. The average molecular weight is 276 g/mol. The lowest BCUT2D eigenvalue weighted by Gasteiger charge is -2.20. The Balaban J connectivity index is 2.94. The third kappa shape index (κ3) is 4.36. The van der Waals surface area contributed by atoms with E-state index in [-0.39, 0.29) is 5.78 Å². The van der Waals surface area contributed by atoms with Crippen LogP contribution in [-0.2, 0) is 4.79 Å². The van der Waals surface area contributed by atoms with E-state index in [1.54, 1.807) is 6.92 Å². The highest BCUT2D eigenvalue weighted by molar-refractivity contribution is 5.75. The van der Waals surface area contributed by atoms with E-state index in [1.807, 2.05) is 0 Å². The van der Waals surface area contributed by atoms with Crippen LogP contribution in [0.4, 0.5) is 0 Å². The minimum atomic E-state index is 0.278. The number of carbonyl (C=O) groups is 1. The predicted octanol–water partition coefficient (Wildman–Crippen LogP) is 4.96. The summed E-state index contributed by atoms with van der Waals surface area (Å²) in [7, 11) is 0. The molecule has 1 unspecified atom stereocenters. The Labute approximate surface area is 123 Å². The Morgan fingerprint density at radius 1 is 1.20 bits per heavy atom. The first-order valence-corrected chi connectivity index (χ1v) is 7.73. The molecule has 0 amide bonds. The maximum absolute atomic E-state index is 11.2. The first-order valence-electron chi connectivity index (χ1n) is 7.73. The van der Waals surface area contributed by atoms with Crippen molar-refractivity contribution < 1.29 is 9.53 Å². The lowest BCUT2D eigenvalue weighted by atomic mass is 9.86. The van der Waals surface area contributed by atoms with Crippen molar-refractivity contribution >= 4 is 5.78 Å². The predicted molar refractivity (Wildman–Crippen MR) is 84.6 cm³/mol. The quantitative estimate of drug-likeness (QED) is 0.671. The van der Waals surface area contributed by atoms with Crippen LogP contribution >= 0.6 is 0 Å². The van der Waals surface area contributed by atoms with Crippen LogP contribution in [-0.4, -0.2) is 12.4 Å². The molecule has 1 atom stereocenters. The Bertz CT molecular complexity index is 449. The second kappa shape index (κ2) is 8.08. The van der Waals surface area contributed by atoms with Gasteiger partial charge in [-0.15, -0.1) is 0 Å². The lowest BCUT2D eigenvalue weighted by molar-refractivity contribution is -0.117. The summed E-state index contributed by atoms with van der Waals surface area (Å²) in [6.45, 7) is 11.0.